The Morgan fingerprint density at radius 2 is 2.08 bits per heavy atom. The molecule has 0 radical (unpaired) electrons. The number of thiophene rings is 1. The van der Waals surface area contributed by atoms with Gasteiger partial charge in [0.2, 0.25) is 0 Å². The van der Waals surface area contributed by atoms with E-state index in [4.69, 9.17) is 20.2 Å². The highest BCUT2D eigenvalue weighted by Gasteiger charge is 2.30. The molecule has 6 nitrogen and oxygen atoms in total. The van der Waals surface area contributed by atoms with Crippen LogP contribution in [0.5, 0.6) is 0 Å². The molecule has 0 bridgehead atoms. The van der Waals surface area contributed by atoms with E-state index in [1.54, 1.807) is 23.1 Å². The largest absolute Gasteiger partial charge is 0.383 e. The molecule has 0 unspecified atom stereocenters. The summed E-state index contributed by atoms with van der Waals surface area (Å²) >= 11 is 3.37. The van der Waals surface area contributed by atoms with Gasteiger partial charge in [-0.15, -0.1) is 11.3 Å². The lowest BCUT2D eigenvalue weighted by molar-refractivity contribution is -0.0379. The van der Waals surface area contributed by atoms with Crippen molar-refractivity contribution in [2.75, 3.05) is 44.3 Å². The number of fused-ring (bicyclic) bond motifs is 3. The van der Waals surface area contributed by atoms with Crippen molar-refractivity contribution in [2.24, 2.45) is 0 Å². The molecule has 2 aromatic rings. The van der Waals surface area contributed by atoms with Gasteiger partial charge in [0.25, 0.3) is 0 Å². The van der Waals surface area contributed by atoms with Gasteiger partial charge in [0.15, 0.2) is 5.16 Å². The Morgan fingerprint density at radius 1 is 1.28 bits per heavy atom. The second kappa shape index (κ2) is 7.00. The monoisotopic (exact) mass is 380 g/mol. The van der Waals surface area contributed by atoms with Crippen molar-refractivity contribution in [3.63, 3.8) is 0 Å². The van der Waals surface area contributed by atoms with E-state index in [0.29, 0.717) is 12.4 Å². The first-order chi connectivity index (χ1) is 12.0. The van der Waals surface area contributed by atoms with Gasteiger partial charge in [0, 0.05) is 36.7 Å². The van der Waals surface area contributed by atoms with Gasteiger partial charge in [-0.2, -0.15) is 0 Å². The number of hydrogen-bond donors (Lipinski definition) is 1. The molecule has 0 aromatic carbocycles. The van der Waals surface area contributed by atoms with Crippen molar-refractivity contribution in [1.29, 1.82) is 0 Å². The van der Waals surface area contributed by atoms with Crippen LogP contribution in [0.3, 0.4) is 0 Å². The number of rotatable bonds is 4. The number of ether oxygens (including phenoxy) is 2. The zero-order valence-corrected chi connectivity index (χ0v) is 16.3. The smallest absolute Gasteiger partial charge is 0.190 e. The van der Waals surface area contributed by atoms with Crippen LogP contribution in [-0.2, 0) is 22.5 Å². The molecular formula is C17H24N4O2S2. The first-order valence-electron chi connectivity index (χ1n) is 8.66. The Balaban J connectivity index is 1.50. The Labute approximate surface area is 156 Å². The lowest BCUT2D eigenvalue weighted by atomic mass is 9.94. The lowest BCUT2D eigenvalue weighted by Crippen LogP contribution is -2.37. The topological polar surface area (TPSA) is 73.5 Å². The SMILES string of the molecule is CC1(C)Cc2c(sc3nc(SCCN4CCOCC4)nc(N)c23)CO1. The molecular weight excluding hydrogens is 356 g/mol. The van der Waals surface area contributed by atoms with Gasteiger partial charge in [0.05, 0.1) is 30.8 Å². The fourth-order valence-electron chi connectivity index (χ4n) is 3.31. The van der Waals surface area contributed by atoms with E-state index in [9.17, 15) is 0 Å². The van der Waals surface area contributed by atoms with E-state index in [0.717, 1.165) is 60.4 Å². The maximum absolute atomic E-state index is 6.30. The number of nitrogen functional groups attached to an aromatic ring is 1. The van der Waals surface area contributed by atoms with Crippen molar-refractivity contribution in [1.82, 2.24) is 14.9 Å². The van der Waals surface area contributed by atoms with E-state index in [2.05, 4.69) is 23.7 Å². The molecule has 1 fully saturated rings. The summed E-state index contributed by atoms with van der Waals surface area (Å²) in [6.45, 7) is 9.59. The maximum Gasteiger partial charge on any atom is 0.190 e. The van der Waals surface area contributed by atoms with Crippen LogP contribution in [-0.4, -0.2) is 59.1 Å². The molecule has 8 heteroatoms. The fraction of sp³-hybridized carbons (Fsp3) is 0.647. The Kier molecular flexibility index (Phi) is 4.89. The van der Waals surface area contributed by atoms with E-state index >= 15 is 0 Å². The van der Waals surface area contributed by atoms with Crippen LogP contribution >= 0.6 is 23.1 Å². The summed E-state index contributed by atoms with van der Waals surface area (Å²) in [6, 6.07) is 0. The number of hydrogen-bond acceptors (Lipinski definition) is 8. The first kappa shape index (κ1) is 17.5. The minimum absolute atomic E-state index is 0.154. The molecule has 2 aliphatic heterocycles. The van der Waals surface area contributed by atoms with Gasteiger partial charge in [0.1, 0.15) is 10.6 Å². The summed E-state index contributed by atoms with van der Waals surface area (Å²) in [5.41, 5.74) is 7.43. The summed E-state index contributed by atoms with van der Waals surface area (Å²) in [4.78, 5) is 14.0. The van der Waals surface area contributed by atoms with Gasteiger partial charge in [-0.1, -0.05) is 11.8 Å². The average Bonchev–Trinajstić information content (AvgIpc) is 2.92. The molecule has 0 amide bonds. The number of aromatic nitrogens is 2. The number of nitrogens with zero attached hydrogens (tertiary/aromatic N) is 3. The third-order valence-electron chi connectivity index (χ3n) is 4.68. The van der Waals surface area contributed by atoms with Crippen LogP contribution in [0.2, 0.25) is 0 Å². The molecule has 0 aliphatic carbocycles. The van der Waals surface area contributed by atoms with Crippen LogP contribution in [0.15, 0.2) is 5.16 Å². The van der Waals surface area contributed by atoms with Crippen molar-refractivity contribution >= 4 is 39.1 Å². The Morgan fingerprint density at radius 3 is 2.88 bits per heavy atom. The second-order valence-electron chi connectivity index (χ2n) is 7.10. The van der Waals surface area contributed by atoms with Crippen LogP contribution in [0.4, 0.5) is 5.82 Å². The standard InChI is InChI=1S/C17H24N4O2S2/c1-17(2)9-11-12(10-23-17)25-15-13(11)14(18)19-16(20-15)24-8-5-21-3-6-22-7-4-21/h3-10H2,1-2H3,(H2,18,19,20). The lowest BCUT2D eigenvalue weighted by Gasteiger charge is -2.30. The molecule has 1 saturated heterocycles. The number of thioether (sulfide) groups is 1. The van der Waals surface area contributed by atoms with Gasteiger partial charge < -0.3 is 15.2 Å². The summed E-state index contributed by atoms with van der Waals surface area (Å²) in [5, 5.41) is 1.81. The highest BCUT2D eigenvalue weighted by atomic mass is 32.2. The minimum atomic E-state index is -0.154. The highest BCUT2D eigenvalue weighted by molar-refractivity contribution is 7.99. The van der Waals surface area contributed by atoms with E-state index < -0.39 is 0 Å². The maximum atomic E-state index is 6.30. The third-order valence-corrected chi connectivity index (χ3v) is 6.61. The molecule has 0 saturated carbocycles. The summed E-state index contributed by atoms with van der Waals surface area (Å²) < 4.78 is 11.3. The first-order valence-corrected chi connectivity index (χ1v) is 10.5. The van der Waals surface area contributed by atoms with Gasteiger partial charge in [-0.05, 0) is 19.4 Å². The molecule has 4 rings (SSSR count). The van der Waals surface area contributed by atoms with Crippen molar-refractivity contribution < 1.29 is 9.47 Å². The number of morpholine rings is 1. The molecule has 25 heavy (non-hydrogen) atoms. The molecule has 2 N–H and O–H groups in total. The fourth-order valence-corrected chi connectivity index (χ4v) is 5.33. The molecule has 0 atom stereocenters. The molecule has 2 aromatic heterocycles. The number of nitrogens with two attached hydrogens (primary N) is 1. The van der Waals surface area contributed by atoms with Gasteiger partial charge >= 0.3 is 0 Å². The molecule has 0 spiro atoms. The van der Waals surface area contributed by atoms with Gasteiger partial charge in [-0.25, -0.2) is 9.97 Å². The predicted octanol–water partition coefficient (Wildman–Crippen LogP) is 2.55. The zero-order chi connectivity index (χ0) is 17.4. The van der Waals surface area contributed by atoms with Crippen molar-refractivity contribution in [3.8, 4) is 0 Å². The third kappa shape index (κ3) is 3.78. The number of anilines is 1. The normalized spacial score (nSPS) is 20.7. The van der Waals surface area contributed by atoms with Crippen LogP contribution in [0, 0.1) is 0 Å². The highest BCUT2D eigenvalue weighted by Crippen LogP contribution is 2.40. The molecule has 4 heterocycles. The van der Waals surface area contributed by atoms with E-state index in [1.165, 1.54) is 10.4 Å². The Bertz CT molecular complexity index is 772. The Hall–Kier alpha value is -0.930. The van der Waals surface area contributed by atoms with Gasteiger partial charge in [-0.3, -0.25) is 4.90 Å². The molecule has 136 valence electrons. The summed E-state index contributed by atoms with van der Waals surface area (Å²) in [6.07, 6.45) is 0.861. The average molecular weight is 381 g/mol. The second-order valence-corrected chi connectivity index (χ2v) is 9.25. The zero-order valence-electron chi connectivity index (χ0n) is 14.7. The molecule has 2 aliphatic rings. The quantitative estimate of drug-likeness (QED) is 0.645. The summed E-state index contributed by atoms with van der Waals surface area (Å²) in [5.74, 6) is 1.57. The van der Waals surface area contributed by atoms with Crippen molar-refractivity contribution in [3.05, 3.63) is 10.4 Å². The minimum Gasteiger partial charge on any atom is -0.383 e. The predicted molar refractivity (Wildman–Crippen MR) is 102 cm³/mol. The van der Waals surface area contributed by atoms with Crippen LogP contribution < -0.4 is 5.73 Å². The summed E-state index contributed by atoms with van der Waals surface area (Å²) in [7, 11) is 0. The van der Waals surface area contributed by atoms with Crippen molar-refractivity contribution in [2.45, 2.75) is 37.6 Å². The van der Waals surface area contributed by atoms with E-state index in [1.807, 2.05) is 0 Å². The van der Waals surface area contributed by atoms with E-state index in [-0.39, 0.29) is 5.60 Å². The van der Waals surface area contributed by atoms with Crippen LogP contribution in [0.25, 0.3) is 10.2 Å². The van der Waals surface area contributed by atoms with Crippen LogP contribution in [0.1, 0.15) is 24.3 Å².